The Morgan fingerprint density at radius 3 is 2.48 bits per heavy atom. The van der Waals surface area contributed by atoms with Gasteiger partial charge in [-0.3, -0.25) is 4.57 Å². The number of halogens is 1. The van der Waals surface area contributed by atoms with Gasteiger partial charge in [-0.15, -0.1) is 0 Å². The first kappa shape index (κ1) is 15.3. The Morgan fingerprint density at radius 2 is 1.87 bits per heavy atom. The van der Waals surface area contributed by atoms with Crippen LogP contribution in [0.4, 0.5) is 0 Å². The quantitative estimate of drug-likeness (QED) is 0.770. The molecule has 4 nitrogen and oxygen atoms in total. The van der Waals surface area contributed by atoms with Crippen molar-refractivity contribution in [2.45, 2.75) is 13.3 Å². The highest BCUT2D eigenvalue weighted by atomic mass is 35.5. The van der Waals surface area contributed by atoms with Crippen molar-refractivity contribution < 1.29 is 9.90 Å². The normalized spacial score (nSPS) is 10.7. The lowest BCUT2D eigenvalue weighted by molar-refractivity contribution is 0.0691. The van der Waals surface area contributed by atoms with Gasteiger partial charge in [-0.1, -0.05) is 42.8 Å². The van der Waals surface area contributed by atoms with Crippen molar-refractivity contribution in [1.82, 2.24) is 9.55 Å². The van der Waals surface area contributed by atoms with E-state index >= 15 is 0 Å². The Hall–Kier alpha value is -2.59. The lowest BCUT2D eigenvalue weighted by Gasteiger charge is -2.09. The van der Waals surface area contributed by atoms with Crippen LogP contribution in [0.3, 0.4) is 0 Å². The highest BCUT2D eigenvalue weighted by Gasteiger charge is 2.17. The smallest absolute Gasteiger partial charge is 0.356 e. The molecule has 0 aliphatic rings. The van der Waals surface area contributed by atoms with Crippen LogP contribution in [0.1, 0.15) is 23.0 Å². The first-order valence-electron chi connectivity index (χ1n) is 7.27. The number of carboxylic acids is 1. The van der Waals surface area contributed by atoms with E-state index in [0.29, 0.717) is 16.4 Å². The molecule has 0 radical (unpaired) electrons. The number of aromatic carboxylic acids is 1. The van der Waals surface area contributed by atoms with Crippen LogP contribution in [-0.4, -0.2) is 20.6 Å². The summed E-state index contributed by atoms with van der Waals surface area (Å²) >= 11 is 6.25. The summed E-state index contributed by atoms with van der Waals surface area (Å²) in [5.41, 5.74) is 2.74. The lowest BCUT2D eigenvalue weighted by atomic mass is 10.1. The number of carbonyl (C=O) groups is 1. The van der Waals surface area contributed by atoms with Gasteiger partial charge in [0, 0.05) is 17.4 Å². The standard InChI is InChI=1S/C18H15ClN2O2/c1-2-12-7-9-13(10-8-12)21-11-16(18(22)23)20-17(21)14-5-3-4-6-15(14)19/h3-11H,2H2,1H3,(H,22,23). The summed E-state index contributed by atoms with van der Waals surface area (Å²) in [5.74, 6) is -0.556. The Balaban J connectivity index is 2.18. The van der Waals surface area contributed by atoms with Gasteiger partial charge in [0.2, 0.25) is 0 Å². The van der Waals surface area contributed by atoms with E-state index in [1.807, 2.05) is 42.5 Å². The number of benzene rings is 2. The number of rotatable bonds is 4. The van der Waals surface area contributed by atoms with Gasteiger partial charge in [0.1, 0.15) is 5.82 Å². The van der Waals surface area contributed by atoms with E-state index < -0.39 is 5.97 Å². The molecule has 3 aromatic rings. The van der Waals surface area contributed by atoms with E-state index in [-0.39, 0.29) is 5.69 Å². The molecule has 0 aliphatic heterocycles. The van der Waals surface area contributed by atoms with E-state index in [2.05, 4.69) is 11.9 Å². The molecule has 2 aromatic carbocycles. The largest absolute Gasteiger partial charge is 0.476 e. The van der Waals surface area contributed by atoms with Crippen LogP contribution in [0, 0.1) is 0 Å². The third-order valence-electron chi connectivity index (χ3n) is 3.66. The highest BCUT2D eigenvalue weighted by molar-refractivity contribution is 6.33. The molecule has 0 bridgehead atoms. The van der Waals surface area contributed by atoms with Gasteiger partial charge in [-0.2, -0.15) is 0 Å². The zero-order chi connectivity index (χ0) is 16.4. The predicted molar refractivity (Wildman–Crippen MR) is 90.3 cm³/mol. The average molecular weight is 327 g/mol. The topological polar surface area (TPSA) is 55.1 Å². The SMILES string of the molecule is CCc1ccc(-n2cc(C(=O)O)nc2-c2ccccc2Cl)cc1. The molecular formula is C18H15ClN2O2. The molecule has 0 amide bonds. The summed E-state index contributed by atoms with van der Waals surface area (Å²) in [6, 6.07) is 15.2. The second kappa shape index (κ2) is 6.26. The monoisotopic (exact) mass is 326 g/mol. The first-order valence-corrected chi connectivity index (χ1v) is 7.65. The summed E-state index contributed by atoms with van der Waals surface area (Å²) in [5, 5.41) is 9.79. The number of aryl methyl sites for hydroxylation is 1. The van der Waals surface area contributed by atoms with Gasteiger partial charge in [0.15, 0.2) is 5.69 Å². The van der Waals surface area contributed by atoms with E-state index in [9.17, 15) is 9.90 Å². The van der Waals surface area contributed by atoms with Crippen molar-refractivity contribution >= 4 is 17.6 Å². The molecule has 1 aromatic heterocycles. The number of hydrogen-bond acceptors (Lipinski definition) is 2. The minimum absolute atomic E-state index is 0.0144. The maximum atomic E-state index is 11.3. The van der Waals surface area contributed by atoms with Crippen LogP contribution in [0.25, 0.3) is 17.1 Å². The second-order valence-corrected chi connectivity index (χ2v) is 5.53. The van der Waals surface area contributed by atoms with Gasteiger partial charge in [-0.25, -0.2) is 9.78 Å². The van der Waals surface area contributed by atoms with Crippen LogP contribution >= 0.6 is 11.6 Å². The molecule has 1 N–H and O–H groups in total. The van der Waals surface area contributed by atoms with Crippen molar-refractivity contribution in [2.75, 3.05) is 0 Å². The molecule has 0 atom stereocenters. The van der Waals surface area contributed by atoms with Crippen LogP contribution in [0.15, 0.2) is 54.7 Å². The van der Waals surface area contributed by atoms with Crippen molar-refractivity contribution in [1.29, 1.82) is 0 Å². The van der Waals surface area contributed by atoms with Gasteiger partial charge in [0.05, 0.1) is 5.02 Å². The molecule has 0 fully saturated rings. The Morgan fingerprint density at radius 1 is 1.17 bits per heavy atom. The molecule has 23 heavy (non-hydrogen) atoms. The zero-order valence-electron chi connectivity index (χ0n) is 12.5. The molecule has 0 unspecified atom stereocenters. The number of imidazole rings is 1. The number of nitrogens with zero attached hydrogens (tertiary/aromatic N) is 2. The van der Waals surface area contributed by atoms with E-state index in [1.165, 1.54) is 11.8 Å². The maximum Gasteiger partial charge on any atom is 0.356 e. The fraction of sp³-hybridized carbons (Fsp3) is 0.111. The Bertz CT molecular complexity index is 854. The molecule has 116 valence electrons. The average Bonchev–Trinajstić information content (AvgIpc) is 3.01. The molecule has 3 rings (SSSR count). The Kier molecular flexibility index (Phi) is 4.17. The Labute approximate surface area is 139 Å². The summed E-state index contributed by atoms with van der Waals surface area (Å²) in [7, 11) is 0. The summed E-state index contributed by atoms with van der Waals surface area (Å²) in [4.78, 5) is 15.5. The van der Waals surface area contributed by atoms with E-state index in [0.717, 1.165) is 12.1 Å². The summed E-state index contributed by atoms with van der Waals surface area (Å²) < 4.78 is 1.75. The minimum atomic E-state index is -1.07. The second-order valence-electron chi connectivity index (χ2n) is 5.12. The van der Waals surface area contributed by atoms with Crippen LogP contribution in [0.2, 0.25) is 5.02 Å². The van der Waals surface area contributed by atoms with Crippen molar-refractivity contribution in [3.63, 3.8) is 0 Å². The van der Waals surface area contributed by atoms with Crippen molar-refractivity contribution in [3.8, 4) is 17.1 Å². The van der Waals surface area contributed by atoms with E-state index in [1.54, 1.807) is 10.6 Å². The molecule has 0 saturated carbocycles. The summed E-state index contributed by atoms with van der Waals surface area (Å²) in [6.45, 7) is 2.09. The zero-order valence-corrected chi connectivity index (χ0v) is 13.3. The van der Waals surface area contributed by atoms with Gasteiger partial charge in [-0.05, 0) is 36.2 Å². The third kappa shape index (κ3) is 2.98. The fourth-order valence-electron chi connectivity index (χ4n) is 2.40. The fourth-order valence-corrected chi connectivity index (χ4v) is 2.63. The molecular weight excluding hydrogens is 312 g/mol. The minimum Gasteiger partial charge on any atom is -0.476 e. The molecule has 0 saturated heterocycles. The molecule has 0 spiro atoms. The maximum absolute atomic E-state index is 11.3. The van der Waals surface area contributed by atoms with E-state index in [4.69, 9.17) is 11.6 Å². The highest BCUT2D eigenvalue weighted by Crippen LogP contribution is 2.29. The van der Waals surface area contributed by atoms with Crippen LogP contribution in [0.5, 0.6) is 0 Å². The molecule has 1 heterocycles. The number of aromatic nitrogens is 2. The number of hydrogen-bond donors (Lipinski definition) is 1. The van der Waals surface area contributed by atoms with Gasteiger partial charge >= 0.3 is 5.97 Å². The van der Waals surface area contributed by atoms with Crippen LogP contribution in [-0.2, 0) is 6.42 Å². The third-order valence-corrected chi connectivity index (χ3v) is 3.99. The predicted octanol–water partition coefficient (Wildman–Crippen LogP) is 4.45. The van der Waals surface area contributed by atoms with Crippen molar-refractivity contribution in [2.24, 2.45) is 0 Å². The van der Waals surface area contributed by atoms with Gasteiger partial charge < -0.3 is 5.11 Å². The van der Waals surface area contributed by atoms with Gasteiger partial charge in [0.25, 0.3) is 0 Å². The van der Waals surface area contributed by atoms with Crippen LogP contribution < -0.4 is 0 Å². The molecule has 0 aliphatic carbocycles. The number of carboxylic acid groups (broad SMARTS) is 1. The first-order chi connectivity index (χ1) is 11.1. The summed E-state index contributed by atoms with van der Waals surface area (Å²) in [6.07, 6.45) is 2.46. The molecule has 5 heteroatoms. The van der Waals surface area contributed by atoms with Crippen molar-refractivity contribution in [3.05, 3.63) is 71.0 Å². The lowest BCUT2D eigenvalue weighted by Crippen LogP contribution is -1.97.